The second-order valence-corrected chi connectivity index (χ2v) is 6.86. The van der Waals surface area contributed by atoms with Gasteiger partial charge in [-0.1, -0.05) is 31.0 Å². The van der Waals surface area contributed by atoms with Gasteiger partial charge in [-0.3, -0.25) is 4.79 Å². The van der Waals surface area contributed by atoms with Gasteiger partial charge in [-0.15, -0.1) is 0 Å². The minimum absolute atomic E-state index is 0.0142. The average molecular weight is 316 g/mol. The van der Waals surface area contributed by atoms with Gasteiger partial charge in [-0.25, -0.2) is 0 Å². The van der Waals surface area contributed by atoms with Crippen molar-refractivity contribution >= 4 is 5.91 Å². The van der Waals surface area contributed by atoms with Crippen LogP contribution in [0.5, 0.6) is 5.75 Å². The topological polar surface area (TPSA) is 50.4 Å². The smallest absolute Gasteiger partial charge is 0.237 e. The molecule has 23 heavy (non-hydrogen) atoms. The first kappa shape index (κ1) is 16.3. The van der Waals surface area contributed by atoms with Crippen LogP contribution in [0.3, 0.4) is 0 Å². The van der Waals surface area contributed by atoms with Crippen LogP contribution in [0.15, 0.2) is 24.3 Å². The Morgan fingerprint density at radius 3 is 2.96 bits per heavy atom. The summed E-state index contributed by atoms with van der Waals surface area (Å²) in [5.41, 5.74) is 1.15. The summed E-state index contributed by atoms with van der Waals surface area (Å²) in [4.78, 5) is 12.3. The lowest BCUT2D eigenvalue weighted by atomic mass is 9.85. The summed E-state index contributed by atoms with van der Waals surface area (Å²) in [6.07, 6.45) is 6.99. The number of carbonyl (C=O) groups is 1. The predicted octanol–water partition coefficient (Wildman–Crippen LogP) is 2.80. The van der Waals surface area contributed by atoms with Crippen LogP contribution in [0.2, 0.25) is 0 Å². The first-order valence-electron chi connectivity index (χ1n) is 8.96. The lowest BCUT2D eigenvalue weighted by Crippen LogP contribution is -2.43. The van der Waals surface area contributed by atoms with Crippen LogP contribution in [-0.2, 0) is 4.79 Å². The predicted molar refractivity (Wildman–Crippen MR) is 91.6 cm³/mol. The van der Waals surface area contributed by atoms with Gasteiger partial charge in [0, 0.05) is 12.6 Å². The molecule has 126 valence electrons. The zero-order valence-corrected chi connectivity index (χ0v) is 14.0. The third-order valence-corrected chi connectivity index (χ3v) is 5.15. The molecule has 1 heterocycles. The number of hydrogen-bond acceptors (Lipinski definition) is 3. The Morgan fingerprint density at radius 2 is 2.13 bits per heavy atom. The van der Waals surface area contributed by atoms with E-state index in [4.69, 9.17) is 4.74 Å². The van der Waals surface area contributed by atoms with E-state index in [1.54, 1.807) is 0 Å². The van der Waals surface area contributed by atoms with Gasteiger partial charge in [0.25, 0.3) is 0 Å². The SMILES string of the molecule is Cc1ccccc1OCCCNC(=O)C1CC2CCCCC2N1. The Labute approximate surface area is 139 Å². The molecule has 1 saturated carbocycles. The molecular weight excluding hydrogens is 288 g/mol. The molecule has 0 spiro atoms. The molecule has 0 aromatic heterocycles. The number of fused-ring (bicyclic) bond motifs is 1. The Balaban J connectivity index is 1.33. The standard InChI is InChI=1S/C19H28N2O2/c1-14-7-2-5-10-18(14)23-12-6-11-20-19(22)17-13-15-8-3-4-9-16(15)21-17/h2,5,7,10,15-17,21H,3-4,6,8-9,11-13H2,1H3,(H,20,22). The maximum atomic E-state index is 12.3. The third-order valence-electron chi connectivity index (χ3n) is 5.15. The van der Waals surface area contributed by atoms with Crippen molar-refractivity contribution in [3.05, 3.63) is 29.8 Å². The van der Waals surface area contributed by atoms with E-state index in [2.05, 4.69) is 10.6 Å². The summed E-state index contributed by atoms with van der Waals surface area (Å²) < 4.78 is 5.75. The average Bonchev–Trinajstić information content (AvgIpc) is 3.00. The van der Waals surface area contributed by atoms with E-state index >= 15 is 0 Å². The number of amides is 1. The summed E-state index contributed by atoms with van der Waals surface area (Å²) in [7, 11) is 0. The molecule has 3 rings (SSSR count). The van der Waals surface area contributed by atoms with Crippen molar-refractivity contribution in [2.75, 3.05) is 13.2 Å². The molecule has 1 aliphatic carbocycles. The molecule has 3 atom stereocenters. The Kier molecular flexibility index (Phi) is 5.55. The summed E-state index contributed by atoms with van der Waals surface area (Å²) in [5, 5.41) is 6.58. The van der Waals surface area contributed by atoms with Crippen LogP contribution in [0.1, 0.15) is 44.1 Å². The molecule has 3 unspecified atom stereocenters. The van der Waals surface area contributed by atoms with Crippen molar-refractivity contribution in [3.63, 3.8) is 0 Å². The highest BCUT2D eigenvalue weighted by Gasteiger charge is 2.37. The molecule has 1 amide bonds. The Hall–Kier alpha value is -1.55. The normalized spacial score (nSPS) is 26.6. The first-order chi connectivity index (χ1) is 11.2. The second kappa shape index (κ2) is 7.82. The van der Waals surface area contributed by atoms with Gasteiger partial charge in [0.15, 0.2) is 0 Å². The Bertz CT molecular complexity index is 518. The van der Waals surface area contributed by atoms with Crippen LogP contribution >= 0.6 is 0 Å². The molecule has 4 heteroatoms. The van der Waals surface area contributed by atoms with Crippen molar-refractivity contribution in [1.29, 1.82) is 0 Å². The van der Waals surface area contributed by atoms with E-state index in [-0.39, 0.29) is 11.9 Å². The van der Waals surface area contributed by atoms with E-state index in [9.17, 15) is 4.79 Å². The highest BCUT2D eigenvalue weighted by Crippen LogP contribution is 2.33. The largest absolute Gasteiger partial charge is 0.493 e. The third kappa shape index (κ3) is 4.25. The second-order valence-electron chi connectivity index (χ2n) is 6.86. The van der Waals surface area contributed by atoms with E-state index in [0.717, 1.165) is 24.2 Å². The van der Waals surface area contributed by atoms with E-state index in [1.807, 2.05) is 31.2 Å². The molecule has 2 aliphatic rings. The summed E-state index contributed by atoms with van der Waals surface area (Å²) >= 11 is 0. The molecule has 1 aliphatic heterocycles. The van der Waals surface area contributed by atoms with Crippen molar-refractivity contribution in [2.45, 2.75) is 57.5 Å². The lowest BCUT2D eigenvalue weighted by molar-refractivity contribution is -0.122. The van der Waals surface area contributed by atoms with Crippen molar-refractivity contribution in [1.82, 2.24) is 10.6 Å². The van der Waals surface area contributed by atoms with Crippen LogP contribution in [-0.4, -0.2) is 31.1 Å². The fourth-order valence-corrected chi connectivity index (χ4v) is 3.83. The van der Waals surface area contributed by atoms with E-state index in [0.29, 0.717) is 25.1 Å². The summed E-state index contributed by atoms with van der Waals surface area (Å²) in [6.45, 7) is 3.36. The first-order valence-corrected chi connectivity index (χ1v) is 8.96. The monoisotopic (exact) mass is 316 g/mol. The number of benzene rings is 1. The number of carbonyl (C=O) groups excluding carboxylic acids is 1. The van der Waals surface area contributed by atoms with Gasteiger partial charge in [0.2, 0.25) is 5.91 Å². The summed E-state index contributed by atoms with van der Waals surface area (Å²) in [5.74, 6) is 1.81. The van der Waals surface area contributed by atoms with E-state index in [1.165, 1.54) is 25.7 Å². The number of nitrogens with one attached hydrogen (secondary N) is 2. The van der Waals surface area contributed by atoms with Crippen LogP contribution in [0.25, 0.3) is 0 Å². The molecule has 1 saturated heterocycles. The lowest BCUT2D eigenvalue weighted by Gasteiger charge is -2.24. The number of rotatable bonds is 6. The van der Waals surface area contributed by atoms with Gasteiger partial charge in [-0.05, 0) is 50.2 Å². The minimum atomic E-state index is 0.0142. The van der Waals surface area contributed by atoms with Crippen LogP contribution in [0.4, 0.5) is 0 Å². The van der Waals surface area contributed by atoms with Crippen molar-refractivity contribution in [2.24, 2.45) is 5.92 Å². The molecule has 0 radical (unpaired) electrons. The molecule has 2 N–H and O–H groups in total. The maximum absolute atomic E-state index is 12.3. The highest BCUT2D eigenvalue weighted by molar-refractivity contribution is 5.82. The van der Waals surface area contributed by atoms with E-state index < -0.39 is 0 Å². The minimum Gasteiger partial charge on any atom is -0.493 e. The van der Waals surface area contributed by atoms with Crippen LogP contribution < -0.4 is 15.4 Å². The van der Waals surface area contributed by atoms with Gasteiger partial charge >= 0.3 is 0 Å². The summed E-state index contributed by atoms with van der Waals surface area (Å²) in [6, 6.07) is 8.61. The molecule has 0 bridgehead atoms. The maximum Gasteiger partial charge on any atom is 0.237 e. The fraction of sp³-hybridized carbons (Fsp3) is 0.632. The van der Waals surface area contributed by atoms with Gasteiger partial charge in [0.1, 0.15) is 5.75 Å². The Morgan fingerprint density at radius 1 is 1.30 bits per heavy atom. The molecule has 1 aromatic rings. The highest BCUT2D eigenvalue weighted by atomic mass is 16.5. The van der Waals surface area contributed by atoms with Gasteiger partial charge in [0.05, 0.1) is 12.6 Å². The number of ether oxygens (including phenoxy) is 1. The number of hydrogen-bond donors (Lipinski definition) is 2. The molecule has 1 aromatic carbocycles. The number of para-hydroxylation sites is 1. The molecular formula is C19H28N2O2. The number of aryl methyl sites for hydroxylation is 1. The zero-order chi connectivity index (χ0) is 16.1. The molecule has 4 nitrogen and oxygen atoms in total. The zero-order valence-electron chi connectivity index (χ0n) is 14.0. The van der Waals surface area contributed by atoms with Gasteiger partial charge < -0.3 is 15.4 Å². The quantitative estimate of drug-likeness (QED) is 0.794. The van der Waals surface area contributed by atoms with Crippen molar-refractivity contribution in [3.8, 4) is 5.75 Å². The molecule has 2 fully saturated rings. The van der Waals surface area contributed by atoms with Crippen LogP contribution in [0, 0.1) is 12.8 Å². The fourth-order valence-electron chi connectivity index (χ4n) is 3.83. The van der Waals surface area contributed by atoms with Crippen molar-refractivity contribution < 1.29 is 9.53 Å². The van der Waals surface area contributed by atoms with Gasteiger partial charge in [-0.2, -0.15) is 0 Å².